The monoisotopic (exact) mass is 705 g/mol. The van der Waals surface area contributed by atoms with Crippen molar-refractivity contribution < 1.29 is 44.3 Å². The summed E-state index contributed by atoms with van der Waals surface area (Å²) >= 11 is 0. The molecule has 4 nitrogen and oxygen atoms in total. The molecule has 2 aliphatic rings. The molecule has 0 unspecified atom stereocenters. The number of rotatable bonds is 17. The van der Waals surface area contributed by atoms with E-state index in [0.717, 1.165) is 106 Å². The molecule has 0 saturated carbocycles. The first-order valence-corrected chi connectivity index (χ1v) is 18.9. The normalized spacial score (nSPS) is 17.9. The summed E-state index contributed by atoms with van der Waals surface area (Å²) < 4.78 is 116. The van der Waals surface area contributed by atoms with E-state index in [1.165, 1.54) is 12.1 Å². The number of phenolic OH excluding ortho intramolecular Hbond substituents is 1. The van der Waals surface area contributed by atoms with Gasteiger partial charge in [0.2, 0.25) is 0 Å². The van der Waals surface area contributed by atoms with Crippen LogP contribution in [0.3, 0.4) is 0 Å². The first-order valence-electron chi connectivity index (χ1n) is 17.0. The summed E-state index contributed by atoms with van der Waals surface area (Å²) in [6.07, 6.45) is 2.88. The van der Waals surface area contributed by atoms with Crippen LogP contribution in [0.25, 0.3) is 11.1 Å². The molecule has 1 heterocycles. The fourth-order valence-electron chi connectivity index (χ4n) is 7.13. The second-order valence-electron chi connectivity index (χ2n) is 13.3. The Morgan fingerprint density at radius 3 is 2.25 bits per heavy atom. The third-order valence-electron chi connectivity index (χ3n) is 9.59. The number of likely N-dealkylation sites (tertiary alicyclic amines) is 1. The number of alkyl halides is 5. The second-order valence-corrected chi connectivity index (χ2v) is 15.6. The molecule has 0 aromatic heterocycles. The number of benzene rings is 2. The van der Waals surface area contributed by atoms with Gasteiger partial charge in [-0.1, -0.05) is 25.3 Å². The standard InChI is InChI=1S/C36H46F7NO3S/c37-28-22-27(23-29(38)25-28)32-14-7-10-26-24-31(45)15-16-33(26)34(32)13-3-1-2-5-18-44-19-8-12-30(44)11-4-6-20-48(46,47)21-9-17-35(39,40)36(41,42)43/h15-16,22-25,30,45H,1-14,17-21H2/t30-/m1/s1. The zero-order chi connectivity index (χ0) is 35.0. The highest BCUT2D eigenvalue weighted by Gasteiger charge is 2.56. The molecule has 2 aromatic rings. The third-order valence-corrected chi connectivity index (χ3v) is 11.4. The quantitative estimate of drug-likeness (QED) is 0.132. The lowest BCUT2D eigenvalue weighted by Crippen LogP contribution is -2.36. The van der Waals surface area contributed by atoms with Gasteiger partial charge in [-0.15, -0.1) is 0 Å². The molecule has 268 valence electrons. The zero-order valence-corrected chi connectivity index (χ0v) is 28.1. The summed E-state index contributed by atoms with van der Waals surface area (Å²) in [7, 11) is -3.70. The van der Waals surface area contributed by atoms with Crippen LogP contribution in [0.15, 0.2) is 36.4 Å². The molecular formula is C36H46F7NO3S. The summed E-state index contributed by atoms with van der Waals surface area (Å²) in [6.45, 7) is 1.90. The van der Waals surface area contributed by atoms with Crippen molar-refractivity contribution in [3.8, 4) is 5.75 Å². The first kappa shape index (κ1) is 38.2. The van der Waals surface area contributed by atoms with Crippen molar-refractivity contribution in [2.45, 2.75) is 114 Å². The van der Waals surface area contributed by atoms with Gasteiger partial charge in [-0.2, -0.15) is 22.0 Å². The SMILES string of the molecule is O=S(=O)(CCCC[C@@H]1CCCN1CCCCCCC1=C(c2cc(F)cc(F)c2)CCCc2cc(O)ccc21)CCCC(F)(F)C(F)(F)F. The molecule has 2 aromatic carbocycles. The van der Waals surface area contributed by atoms with Crippen LogP contribution in [0.4, 0.5) is 30.7 Å². The lowest BCUT2D eigenvalue weighted by molar-refractivity contribution is -0.284. The van der Waals surface area contributed by atoms with Gasteiger partial charge in [-0.05, 0) is 136 Å². The predicted octanol–water partition coefficient (Wildman–Crippen LogP) is 9.90. The van der Waals surface area contributed by atoms with Crippen LogP contribution >= 0.6 is 0 Å². The van der Waals surface area contributed by atoms with Crippen LogP contribution in [0, 0.1) is 11.6 Å². The molecule has 1 saturated heterocycles. The van der Waals surface area contributed by atoms with Gasteiger partial charge in [-0.25, -0.2) is 17.2 Å². The maximum atomic E-state index is 14.2. The van der Waals surface area contributed by atoms with Crippen molar-refractivity contribution in [3.63, 3.8) is 0 Å². The van der Waals surface area contributed by atoms with Gasteiger partial charge in [0.25, 0.3) is 0 Å². The minimum atomic E-state index is -5.67. The van der Waals surface area contributed by atoms with Crippen LogP contribution in [0.1, 0.15) is 107 Å². The minimum absolute atomic E-state index is 0.201. The molecule has 1 aliphatic carbocycles. The van der Waals surface area contributed by atoms with Crippen LogP contribution in [0.2, 0.25) is 0 Å². The molecule has 4 rings (SSSR count). The average molecular weight is 706 g/mol. The topological polar surface area (TPSA) is 57.6 Å². The number of hydrogen-bond donors (Lipinski definition) is 1. The Hall–Kier alpha value is -2.60. The van der Waals surface area contributed by atoms with Crippen molar-refractivity contribution in [2.24, 2.45) is 0 Å². The summed E-state index contributed by atoms with van der Waals surface area (Å²) in [5.74, 6) is -6.78. The Balaban J connectivity index is 1.21. The smallest absolute Gasteiger partial charge is 0.453 e. The average Bonchev–Trinajstić information content (AvgIpc) is 3.35. The van der Waals surface area contributed by atoms with Gasteiger partial charge in [0.05, 0.1) is 11.5 Å². The summed E-state index contributed by atoms with van der Waals surface area (Å²) in [6, 6.07) is 9.35. The lowest BCUT2D eigenvalue weighted by atomic mass is 9.89. The summed E-state index contributed by atoms with van der Waals surface area (Å²) in [4.78, 5) is 2.43. The zero-order valence-electron chi connectivity index (χ0n) is 27.2. The number of sulfone groups is 1. The van der Waals surface area contributed by atoms with Crippen molar-refractivity contribution in [1.82, 2.24) is 4.90 Å². The van der Waals surface area contributed by atoms with Gasteiger partial charge < -0.3 is 10.0 Å². The molecule has 12 heteroatoms. The molecule has 1 N–H and O–H groups in total. The fourth-order valence-corrected chi connectivity index (χ4v) is 8.56. The number of halogens is 7. The number of allylic oxidation sites excluding steroid dienone is 2. The van der Waals surface area contributed by atoms with Crippen LogP contribution in [-0.4, -0.2) is 61.2 Å². The van der Waals surface area contributed by atoms with Gasteiger partial charge in [0.1, 0.15) is 27.2 Å². The fraction of sp³-hybridized carbons (Fsp3) is 0.611. The molecule has 0 spiro atoms. The maximum absolute atomic E-state index is 14.2. The molecule has 1 atom stereocenters. The van der Waals surface area contributed by atoms with E-state index in [9.17, 15) is 44.3 Å². The molecule has 1 fully saturated rings. The molecule has 48 heavy (non-hydrogen) atoms. The van der Waals surface area contributed by atoms with Crippen molar-refractivity contribution in [2.75, 3.05) is 24.6 Å². The maximum Gasteiger partial charge on any atom is 0.453 e. The lowest BCUT2D eigenvalue weighted by Gasteiger charge is -2.24. The minimum Gasteiger partial charge on any atom is -0.508 e. The van der Waals surface area contributed by atoms with Crippen LogP contribution < -0.4 is 0 Å². The Kier molecular flexibility index (Phi) is 13.4. The van der Waals surface area contributed by atoms with E-state index in [0.29, 0.717) is 30.9 Å². The van der Waals surface area contributed by atoms with Crippen molar-refractivity contribution >= 4 is 21.0 Å². The van der Waals surface area contributed by atoms with Crippen molar-refractivity contribution in [3.05, 3.63) is 64.7 Å². The highest BCUT2D eigenvalue weighted by Crippen LogP contribution is 2.41. The second kappa shape index (κ2) is 16.9. The first-order chi connectivity index (χ1) is 22.6. The number of hydrogen-bond acceptors (Lipinski definition) is 4. The Morgan fingerprint density at radius 1 is 0.812 bits per heavy atom. The van der Waals surface area contributed by atoms with E-state index < -0.39 is 52.2 Å². The highest BCUT2D eigenvalue weighted by atomic mass is 32.2. The van der Waals surface area contributed by atoms with E-state index in [-0.39, 0.29) is 11.5 Å². The number of aryl methyl sites for hydroxylation is 1. The van der Waals surface area contributed by atoms with Gasteiger partial charge in [-0.3, -0.25) is 0 Å². The Labute approximate surface area is 279 Å². The molecule has 1 aliphatic heterocycles. The largest absolute Gasteiger partial charge is 0.508 e. The Bertz CT molecular complexity index is 1490. The van der Waals surface area contributed by atoms with Crippen molar-refractivity contribution in [1.29, 1.82) is 0 Å². The summed E-state index contributed by atoms with van der Waals surface area (Å²) in [5, 5.41) is 10.1. The van der Waals surface area contributed by atoms with E-state index >= 15 is 0 Å². The van der Waals surface area contributed by atoms with Gasteiger partial charge >= 0.3 is 12.1 Å². The van der Waals surface area contributed by atoms with E-state index in [2.05, 4.69) is 4.90 Å². The van der Waals surface area contributed by atoms with Gasteiger partial charge in [0.15, 0.2) is 0 Å². The van der Waals surface area contributed by atoms with Crippen LogP contribution in [0.5, 0.6) is 5.75 Å². The predicted molar refractivity (Wildman–Crippen MR) is 175 cm³/mol. The van der Waals surface area contributed by atoms with E-state index in [1.54, 1.807) is 12.1 Å². The van der Waals surface area contributed by atoms with E-state index in [1.807, 2.05) is 6.07 Å². The number of fused-ring (bicyclic) bond motifs is 1. The van der Waals surface area contributed by atoms with E-state index in [4.69, 9.17) is 0 Å². The molecular weight excluding hydrogens is 659 g/mol. The van der Waals surface area contributed by atoms with Crippen LogP contribution in [-0.2, 0) is 16.3 Å². The highest BCUT2D eigenvalue weighted by molar-refractivity contribution is 7.91. The number of aromatic hydroxyl groups is 1. The summed E-state index contributed by atoms with van der Waals surface area (Å²) in [5.41, 5.74) is 4.66. The van der Waals surface area contributed by atoms with Gasteiger partial charge in [0, 0.05) is 18.5 Å². The Morgan fingerprint density at radius 2 is 1.52 bits per heavy atom. The third kappa shape index (κ3) is 11.0. The number of unbranched alkanes of at least 4 members (excludes halogenated alkanes) is 4. The molecule has 0 bridgehead atoms. The molecule has 0 radical (unpaired) electrons. The molecule has 0 amide bonds. The number of phenols is 1. The number of nitrogens with zero attached hydrogens (tertiary/aromatic N) is 1.